The number of nitrogens with one attached hydrogen (secondary N) is 1. The number of rotatable bonds is 5. The highest BCUT2D eigenvalue weighted by molar-refractivity contribution is 5.97. The van der Waals surface area contributed by atoms with Crippen molar-refractivity contribution in [2.24, 2.45) is 0 Å². The van der Waals surface area contributed by atoms with Gasteiger partial charge >= 0.3 is 0 Å². The van der Waals surface area contributed by atoms with Crippen LogP contribution in [0.15, 0.2) is 54.7 Å². The number of carbonyl (C=O) groups is 1. The Morgan fingerprint density at radius 2 is 2.11 bits per heavy atom. The topological polar surface area (TPSA) is 76.4 Å². The first-order valence-electron chi connectivity index (χ1n) is 9.40. The van der Waals surface area contributed by atoms with E-state index in [9.17, 15) is 9.90 Å². The lowest BCUT2D eigenvalue weighted by Gasteiger charge is -2.22. The van der Waals surface area contributed by atoms with Crippen molar-refractivity contribution >= 4 is 5.91 Å². The maximum atomic E-state index is 12.5. The minimum absolute atomic E-state index is 0.0273. The summed E-state index contributed by atoms with van der Waals surface area (Å²) in [6.07, 6.45) is 2.58. The molecule has 0 bridgehead atoms. The molecular weight excluding hydrogens is 354 g/mol. The Bertz CT molecular complexity index is 982. The minimum Gasteiger partial charge on any atom is -0.507 e. The van der Waals surface area contributed by atoms with E-state index in [0.29, 0.717) is 19.7 Å². The first-order valence-corrected chi connectivity index (χ1v) is 9.40. The zero-order valence-corrected chi connectivity index (χ0v) is 15.8. The van der Waals surface area contributed by atoms with Gasteiger partial charge in [0.15, 0.2) is 0 Å². The number of nitrogens with zero attached hydrogens (tertiary/aromatic N) is 2. The van der Waals surface area contributed by atoms with Gasteiger partial charge in [0, 0.05) is 12.7 Å². The number of amides is 1. The van der Waals surface area contributed by atoms with Crippen molar-refractivity contribution in [3.63, 3.8) is 0 Å². The lowest BCUT2D eigenvalue weighted by atomic mass is 10.1. The number of phenolic OH excluding ortho intramolecular Hbond substituents is 1. The van der Waals surface area contributed by atoms with Crippen LogP contribution >= 0.6 is 0 Å². The van der Waals surface area contributed by atoms with Gasteiger partial charge in [-0.2, -0.15) is 5.10 Å². The summed E-state index contributed by atoms with van der Waals surface area (Å²) in [5.41, 5.74) is 4.39. The normalized spacial score (nSPS) is 15.8. The fourth-order valence-electron chi connectivity index (χ4n) is 3.45. The molecule has 0 aliphatic carbocycles. The van der Waals surface area contributed by atoms with Gasteiger partial charge in [0.05, 0.1) is 24.4 Å². The van der Waals surface area contributed by atoms with Gasteiger partial charge in [-0.15, -0.1) is 0 Å². The molecule has 4 rings (SSSR count). The van der Waals surface area contributed by atoms with Gasteiger partial charge in [0.2, 0.25) is 0 Å². The highest BCUT2D eigenvalue weighted by atomic mass is 16.5. The standard InChI is InChI=1S/C22H23N3O3/c1-15-7-8-19(26)18(11-15)22(27)23-12-20-21-17(9-10-28-20)14-25(24-21)13-16-5-3-2-4-6-16/h2-8,11,14,20,26H,9-10,12-13H2,1H3,(H,23,27). The molecule has 0 radical (unpaired) electrons. The van der Waals surface area contributed by atoms with Crippen LogP contribution in [0.4, 0.5) is 0 Å². The Kier molecular flexibility index (Phi) is 5.12. The van der Waals surface area contributed by atoms with Crippen molar-refractivity contribution < 1.29 is 14.6 Å². The molecule has 1 aromatic heterocycles. The summed E-state index contributed by atoms with van der Waals surface area (Å²) in [6.45, 7) is 3.48. The van der Waals surface area contributed by atoms with Crippen molar-refractivity contribution in [1.29, 1.82) is 0 Å². The van der Waals surface area contributed by atoms with Gasteiger partial charge < -0.3 is 15.2 Å². The van der Waals surface area contributed by atoms with Gasteiger partial charge in [-0.25, -0.2) is 0 Å². The first-order chi connectivity index (χ1) is 13.6. The van der Waals surface area contributed by atoms with Gasteiger partial charge in [-0.3, -0.25) is 9.48 Å². The summed E-state index contributed by atoms with van der Waals surface area (Å²) in [5, 5.41) is 17.5. The molecule has 6 heteroatoms. The van der Waals surface area contributed by atoms with Gasteiger partial charge in [-0.1, -0.05) is 42.0 Å². The second-order valence-electron chi connectivity index (χ2n) is 7.06. The van der Waals surface area contributed by atoms with E-state index in [4.69, 9.17) is 9.84 Å². The average molecular weight is 377 g/mol. The number of aryl methyl sites for hydroxylation is 1. The number of ether oxygens (including phenoxy) is 1. The average Bonchev–Trinajstić information content (AvgIpc) is 3.11. The largest absolute Gasteiger partial charge is 0.507 e. The van der Waals surface area contributed by atoms with Crippen LogP contribution < -0.4 is 5.32 Å². The van der Waals surface area contributed by atoms with Crippen molar-refractivity contribution in [1.82, 2.24) is 15.1 Å². The Balaban J connectivity index is 1.46. The Morgan fingerprint density at radius 3 is 2.93 bits per heavy atom. The van der Waals surface area contributed by atoms with E-state index in [2.05, 4.69) is 23.6 Å². The van der Waals surface area contributed by atoms with Crippen LogP contribution in [0.2, 0.25) is 0 Å². The van der Waals surface area contributed by atoms with E-state index in [0.717, 1.165) is 23.2 Å². The molecule has 1 atom stereocenters. The summed E-state index contributed by atoms with van der Waals surface area (Å²) in [6, 6.07) is 15.1. The summed E-state index contributed by atoms with van der Waals surface area (Å²) >= 11 is 0. The van der Waals surface area contributed by atoms with Gasteiger partial charge in [0.25, 0.3) is 5.91 Å². The summed E-state index contributed by atoms with van der Waals surface area (Å²) in [4.78, 5) is 12.5. The van der Waals surface area contributed by atoms with Crippen LogP contribution in [0.25, 0.3) is 0 Å². The third-order valence-electron chi connectivity index (χ3n) is 4.90. The van der Waals surface area contributed by atoms with Crippen LogP contribution in [0.1, 0.15) is 38.8 Å². The molecule has 28 heavy (non-hydrogen) atoms. The molecule has 6 nitrogen and oxygen atoms in total. The van der Waals surface area contributed by atoms with Crippen molar-refractivity contribution in [3.8, 4) is 5.75 Å². The van der Waals surface area contributed by atoms with Crippen molar-refractivity contribution in [2.45, 2.75) is 26.0 Å². The third kappa shape index (κ3) is 3.92. The van der Waals surface area contributed by atoms with Crippen LogP contribution in [-0.2, 0) is 17.7 Å². The number of hydrogen-bond acceptors (Lipinski definition) is 4. The summed E-state index contributed by atoms with van der Waals surface area (Å²) in [7, 11) is 0. The first kappa shape index (κ1) is 18.3. The molecule has 0 saturated heterocycles. The lowest BCUT2D eigenvalue weighted by Crippen LogP contribution is -2.32. The molecule has 2 N–H and O–H groups in total. The van der Waals surface area contributed by atoms with E-state index in [1.54, 1.807) is 12.1 Å². The third-order valence-corrected chi connectivity index (χ3v) is 4.90. The number of hydrogen-bond donors (Lipinski definition) is 2. The predicted molar refractivity (Wildman–Crippen MR) is 105 cm³/mol. The Morgan fingerprint density at radius 1 is 1.29 bits per heavy atom. The number of phenols is 1. The van der Waals surface area contributed by atoms with E-state index >= 15 is 0 Å². The monoisotopic (exact) mass is 377 g/mol. The molecular formula is C22H23N3O3. The number of aromatic hydroxyl groups is 1. The van der Waals surface area contributed by atoms with Crippen molar-refractivity contribution in [2.75, 3.05) is 13.2 Å². The number of carbonyl (C=O) groups excluding carboxylic acids is 1. The number of benzene rings is 2. The maximum absolute atomic E-state index is 12.5. The van der Waals surface area contributed by atoms with Crippen molar-refractivity contribution in [3.05, 3.63) is 82.7 Å². The molecule has 2 heterocycles. The molecule has 1 unspecified atom stereocenters. The second kappa shape index (κ2) is 7.86. The van der Waals surface area contributed by atoms with Crippen LogP contribution in [0.3, 0.4) is 0 Å². The summed E-state index contributed by atoms with van der Waals surface area (Å²) in [5.74, 6) is -0.346. The molecule has 144 valence electrons. The fourth-order valence-corrected chi connectivity index (χ4v) is 3.45. The highest BCUT2D eigenvalue weighted by Crippen LogP contribution is 2.26. The molecule has 0 spiro atoms. The zero-order valence-electron chi connectivity index (χ0n) is 15.8. The SMILES string of the molecule is Cc1ccc(O)c(C(=O)NCC2OCCc3cn(Cc4ccccc4)nc32)c1. The van der Waals surface area contributed by atoms with E-state index in [1.165, 1.54) is 11.6 Å². The predicted octanol–water partition coefficient (Wildman–Crippen LogP) is 2.99. The summed E-state index contributed by atoms with van der Waals surface area (Å²) < 4.78 is 7.78. The Labute approximate surface area is 163 Å². The van der Waals surface area contributed by atoms with Crippen LogP contribution in [-0.4, -0.2) is 33.9 Å². The number of fused-ring (bicyclic) bond motifs is 1. The number of aromatic nitrogens is 2. The minimum atomic E-state index is -0.319. The smallest absolute Gasteiger partial charge is 0.255 e. The van der Waals surface area contributed by atoms with E-state index in [-0.39, 0.29) is 23.3 Å². The van der Waals surface area contributed by atoms with Gasteiger partial charge in [0.1, 0.15) is 11.9 Å². The molecule has 1 aliphatic heterocycles. The molecule has 0 fully saturated rings. The fraction of sp³-hybridized carbons (Fsp3) is 0.273. The van der Waals surface area contributed by atoms with E-state index in [1.807, 2.05) is 29.8 Å². The van der Waals surface area contributed by atoms with E-state index < -0.39 is 0 Å². The zero-order chi connectivity index (χ0) is 19.5. The molecule has 3 aromatic rings. The molecule has 1 amide bonds. The molecule has 1 aliphatic rings. The quantitative estimate of drug-likeness (QED) is 0.717. The maximum Gasteiger partial charge on any atom is 0.255 e. The second-order valence-corrected chi connectivity index (χ2v) is 7.06. The van der Waals surface area contributed by atoms with Crippen LogP contribution in [0, 0.1) is 6.92 Å². The lowest BCUT2D eigenvalue weighted by molar-refractivity contribution is 0.0383. The van der Waals surface area contributed by atoms with Crippen LogP contribution in [0.5, 0.6) is 5.75 Å². The van der Waals surface area contributed by atoms with Gasteiger partial charge in [-0.05, 0) is 36.6 Å². The molecule has 0 saturated carbocycles. The Hall–Kier alpha value is -3.12. The molecule has 2 aromatic carbocycles. The highest BCUT2D eigenvalue weighted by Gasteiger charge is 2.25.